The van der Waals surface area contributed by atoms with Crippen molar-refractivity contribution in [1.82, 2.24) is 4.98 Å². The highest BCUT2D eigenvalue weighted by molar-refractivity contribution is 7.18. The van der Waals surface area contributed by atoms with E-state index < -0.39 is 0 Å². The highest BCUT2D eigenvalue weighted by atomic mass is 35.5. The second-order valence-corrected chi connectivity index (χ2v) is 6.29. The summed E-state index contributed by atoms with van der Waals surface area (Å²) >= 11 is 7.98. The SMILES string of the molecule is Cc1cccc(Cl)c1NC(C)c1nc2ccccc2s1. The van der Waals surface area contributed by atoms with Gasteiger partial charge in [0.2, 0.25) is 0 Å². The Morgan fingerprint density at radius 1 is 1.15 bits per heavy atom. The minimum atomic E-state index is 0.131. The average Bonchev–Trinajstić information content (AvgIpc) is 2.87. The molecule has 0 aliphatic heterocycles. The Morgan fingerprint density at radius 2 is 1.95 bits per heavy atom. The molecule has 0 fully saturated rings. The number of aromatic nitrogens is 1. The largest absolute Gasteiger partial charge is 0.375 e. The molecule has 3 rings (SSSR count). The number of aryl methyl sites for hydroxylation is 1. The molecule has 102 valence electrons. The second kappa shape index (κ2) is 5.43. The summed E-state index contributed by atoms with van der Waals surface area (Å²) in [6, 6.07) is 14.3. The Bertz CT molecular complexity index is 698. The van der Waals surface area contributed by atoms with Crippen LogP contribution in [0.15, 0.2) is 42.5 Å². The zero-order chi connectivity index (χ0) is 14.1. The van der Waals surface area contributed by atoms with Crippen molar-refractivity contribution in [3.8, 4) is 0 Å². The van der Waals surface area contributed by atoms with Crippen molar-refractivity contribution in [3.05, 3.63) is 58.1 Å². The highest BCUT2D eigenvalue weighted by Crippen LogP contribution is 2.32. The van der Waals surface area contributed by atoms with Gasteiger partial charge in [0.05, 0.1) is 27.0 Å². The predicted octanol–water partition coefficient (Wildman–Crippen LogP) is 5.43. The molecule has 2 aromatic carbocycles. The number of thiazole rings is 1. The van der Waals surface area contributed by atoms with E-state index in [-0.39, 0.29) is 6.04 Å². The molecule has 0 bridgehead atoms. The van der Waals surface area contributed by atoms with Crippen molar-refractivity contribution >= 4 is 38.8 Å². The Morgan fingerprint density at radius 3 is 2.70 bits per heavy atom. The van der Waals surface area contributed by atoms with E-state index in [1.807, 2.05) is 30.3 Å². The predicted molar refractivity (Wildman–Crippen MR) is 87.8 cm³/mol. The van der Waals surface area contributed by atoms with Crippen molar-refractivity contribution in [1.29, 1.82) is 0 Å². The lowest BCUT2D eigenvalue weighted by Gasteiger charge is -2.16. The van der Waals surface area contributed by atoms with Gasteiger partial charge in [-0.1, -0.05) is 35.9 Å². The molecule has 2 nitrogen and oxygen atoms in total. The molecule has 0 aliphatic carbocycles. The van der Waals surface area contributed by atoms with Crippen LogP contribution in [0.1, 0.15) is 23.5 Å². The summed E-state index contributed by atoms with van der Waals surface area (Å²) in [6.45, 7) is 4.17. The topological polar surface area (TPSA) is 24.9 Å². The number of fused-ring (bicyclic) bond motifs is 1. The van der Waals surface area contributed by atoms with Crippen LogP contribution < -0.4 is 5.32 Å². The molecule has 20 heavy (non-hydrogen) atoms. The number of halogens is 1. The zero-order valence-corrected chi connectivity index (χ0v) is 12.9. The van der Waals surface area contributed by atoms with Gasteiger partial charge in [-0.05, 0) is 37.6 Å². The van der Waals surface area contributed by atoms with Crippen LogP contribution in [0.4, 0.5) is 5.69 Å². The van der Waals surface area contributed by atoms with Crippen LogP contribution in [0, 0.1) is 6.92 Å². The van der Waals surface area contributed by atoms with Crippen LogP contribution in [-0.4, -0.2) is 4.98 Å². The maximum atomic E-state index is 6.26. The molecule has 1 aromatic heterocycles. The number of anilines is 1. The molecule has 4 heteroatoms. The Labute approximate surface area is 127 Å². The van der Waals surface area contributed by atoms with E-state index in [0.717, 1.165) is 26.8 Å². The van der Waals surface area contributed by atoms with Crippen LogP contribution in [0.3, 0.4) is 0 Å². The summed E-state index contributed by atoms with van der Waals surface area (Å²) in [4.78, 5) is 4.68. The summed E-state index contributed by atoms with van der Waals surface area (Å²) in [6.07, 6.45) is 0. The molecule has 0 radical (unpaired) electrons. The average molecular weight is 303 g/mol. The first kappa shape index (κ1) is 13.4. The molecule has 0 amide bonds. The third-order valence-corrected chi connectivity index (χ3v) is 4.80. The lowest BCUT2D eigenvalue weighted by atomic mass is 10.2. The van der Waals surface area contributed by atoms with Gasteiger partial charge in [-0.15, -0.1) is 11.3 Å². The van der Waals surface area contributed by atoms with Crippen molar-refractivity contribution in [2.75, 3.05) is 5.32 Å². The van der Waals surface area contributed by atoms with Crippen molar-refractivity contribution in [3.63, 3.8) is 0 Å². The van der Waals surface area contributed by atoms with E-state index in [1.54, 1.807) is 11.3 Å². The van der Waals surface area contributed by atoms with Crippen LogP contribution in [0.25, 0.3) is 10.2 Å². The molecule has 0 saturated heterocycles. The normalized spacial score (nSPS) is 12.6. The summed E-state index contributed by atoms with van der Waals surface area (Å²) in [5.41, 5.74) is 3.18. The van der Waals surface area contributed by atoms with Gasteiger partial charge in [0.1, 0.15) is 5.01 Å². The van der Waals surface area contributed by atoms with Crippen molar-refractivity contribution < 1.29 is 0 Å². The van der Waals surface area contributed by atoms with Gasteiger partial charge < -0.3 is 5.32 Å². The molecule has 1 N–H and O–H groups in total. The van der Waals surface area contributed by atoms with Crippen LogP contribution in [0.2, 0.25) is 5.02 Å². The van der Waals surface area contributed by atoms with Crippen molar-refractivity contribution in [2.45, 2.75) is 19.9 Å². The number of para-hydroxylation sites is 2. The number of nitrogens with zero attached hydrogens (tertiary/aromatic N) is 1. The van der Waals surface area contributed by atoms with Gasteiger partial charge in [0.25, 0.3) is 0 Å². The monoisotopic (exact) mass is 302 g/mol. The minimum Gasteiger partial charge on any atom is -0.375 e. The lowest BCUT2D eigenvalue weighted by molar-refractivity contribution is 0.872. The Balaban J connectivity index is 1.91. The fraction of sp³-hybridized carbons (Fsp3) is 0.188. The van der Waals surface area contributed by atoms with Crippen molar-refractivity contribution in [2.24, 2.45) is 0 Å². The Hall–Kier alpha value is -1.58. The van der Waals surface area contributed by atoms with Gasteiger partial charge in [-0.2, -0.15) is 0 Å². The van der Waals surface area contributed by atoms with Crippen LogP contribution >= 0.6 is 22.9 Å². The van der Waals surface area contributed by atoms with E-state index >= 15 is 0 Å². The molecular weight excluding hydrogens is 288 g/mol. The van der Waals surface area contributed by atoms with Crippen LogP contribution in [-0.2, 0) is 0 Å². The standard InChI is InChI=1S/C16H15ClN2S/c1-10-6-5-7-12(17)15(10)18-11(2)16-19-13-8-3-4-9-14(13)20-16/h3-9,11,18H,1-2H3. The van der Waals surface area contributed by atoms with E-state index in [9.17, 15) is 0 Å². The third-order valence-electron chi connectivity index (χ3n) is 3.26. The summed E-state index contributed by atoms with van der Waals surface area (Å²) < 4.78 is 1.21. The molecule has 1 unspecified atom stereocenters. The van der Waals surface area contributed by atoms with Gasteiger partial charge in [0.15, 0.2) is 0 Å². The van der Waals surface area contributed by atoms with E-state index in [0.29, 0.717) is 0 Å². The maximum absolute atomic E-state index is 6.26. The summed E-state index contributed by atoms with van der Waals surface area (Å²) in [5, 5.41) is 5.29. The lowest BCUT2D eigenvalue weighted by Crippen LogP contribution is -2.07. The summed E-state index contributed by atoms with van der Waals surface area (Å²) in [7, 11) is 0. The number of rotatable bonds is 3. The Kier molecular flexibility index (Phi) is 3.64. The fourth-order valence-electron chi connectivity index (χ4n) is 2.17. The van der Waals surface area contributed by atoms with Gasteiger partial charge in [0, 0.05) is 0 Å². The van der Waals surface area contributed by atoms with E-state index in [4.69, 9.17) is 11.6 Å². The first-order chi connectivity index (χ1) is 9.65. The first-order valence-corrected chi connectivity index (χ1v) is 7.71. The smallest absolute Gasteiger partial charge is 0.116 e. The quantitative estimate of drug-likeness (QED) is 0.697. The molecule has 0 aliphatic rings. The first-order valence-electron chi connectivity index (χ1n) is 6.52. The number of benzene rings is 2. The van der Waals surface area contributed by atoms with E-state index in [1.165, 1.54) is 4.70 Å². The van der Waals surface area contributed by atoms with Gasteiger partial charge >= 0.3 is 0 Å². The molecule has 3 aromatic rings. The maximum Gasteiger partial charge on any atom is 0.116 e. The minimum absolute atomic E-state index is 0.131. The molecular formula is C16H15ClN2S. The molecule has 0 saturated carbocycles. The second-order valence-electron chi connectivity index (χ2n) is 4.82. The number of nitrogens with one attached hydrogen (secondary N) is 1. The molecule has 0 spiro atoms. The highest BCUT2D eigenvalue weighted by Gasteiger charge is 2.13. The third kappa shape index (κ3) is 2.51. The van der Waals surface area contributed by atoms with Gasteiger partial charge in [-0.3, -0.25) is 0 Å². The molecule has 1 atom stereocenters. The fourth-order valence-corrected chi connectivity index (χ4v) is 3.41. The summed E-state index contributed by atoms with van der Waals surface area (Å²) in [5.74, 6) is 0. The number of hydrogen-bond acceptors (Lipinski definition) is 3. The zero-order valence-electron chi connectivity index (χ0n) is 11.4. The van der Waals surface area contributed by atoms with Crippen LogP contribution in [0.5, 0.6) is 0 Å². The van der Waals surface area contributed by atoms with Gasteiger partial charge in [-0.25, -0.2) is 4.98 Å². The molecule has 1 heterocycles. The van der Waals surface area contributed by atoms with E-state index in [2.05, 4.69) is 36.3 Å². The number of hydrogen-bond donors (Lipinski definition) is 1.